The quantitative estimate of drug-likeness (QED) is 0.717. The zero-order valence-electron chi connectivity index (χ0n) is 12.5. The average molecular weight is 314 g/mol. The highest BCUT2D eigenvalue weighted by molar-refractivity contribution is 6.42. The summed E-state index contributed by atoms with van der Waals surface area (Å²) in [5, 5.41) is 5.00. The normalized spacial score (nSPS) is 24.6. The molecule has 0 aromatic heterocycles. The summed E-state index contributed by atoms with van der Waals surface area (Å²) in [7, 11) is 0. The van der Waals surface area contributed by atoms with Gasteiger partial charge in [-0.25, -0.2) is 0 Å². The van der Waals surface area contributed by atoms with Crippen molar-refractivity contribution >= 4 is 23.2 Å². The van der Waals surface area contributed by atoms with Crippen LogP contribution in [0.25, 0.3) is 0 Å². The van der Waals surface area contributed by atoms with Gasteiger partial charge in [0.1, 0.15) is 0 Å². The lowest BCUT2D eigenvalue weighted by atomic mass is 9.83. The maximum atomic E-state index is 6.12. The molecule has 2 rings (SSSR count). The topological polar surface area (TPSA) is 12.0 Å². The highest BCUT2D eigenvalue weighted by atomic mass is 35.5. The Morgan fingerprint density at radius 2 is 1.85 bits per heavy atom. The van der Waals surface area contributed by atoms with Crippen molar-refractivity contribution in [2.45, 2.75) is 52.0 Å². The third-order valence-electron chi connectivity index (χ3n) is 4.54. The number of rotatable bonds is 5. The van der Waals surface area contributed by atoms with E-state index in [1.54, 1.807) is 0 Å². The number of hydrogen-bond donors (Lipinski definition) is 1. The fourth-order valence-corrected chi connectivity index (χ4v) is 3.38. The van der Waals surface area contributed by atoms with Crippen LogP contribution in [0.4, 0.5) is 0 Å². The van der Waals surface area contributed by atoms with Crippen LogP contribution in [0.1, 0.15) is 57.6 Å². The fraction of sp³-hybridized carbons (Fsp3) is 0.647. The van der Waals surface area contributed by atoms with Gasteiger partial charge in [0, 0.05) is 6.04 Å². The van der Waals surface area contributed by atoms with E-state index in [2.05, 4.69) is 25.2 Å². The van der Waals surface area contributed by atoms with Crippen LogP contribution in [0, 0.1) is 11.8 Å². The first kappa shape index (κ1) is 16.1. The number of nitrogens with one attached hydrogen (secondary N) is 1. The van der Waals surface area contributed by atoms with Gasteiger partial charge in [-0.15, -0.1) is 0 Å². The van der Waals surface area contributed by atoms with E-state index in [1.807, 2.05) is 12.1 Å². The summed E-state index contributed by atoms with van der Waals surface area (Å²) in [6.45, 7) is 5.70. The summed E-state index contributed by atoms with van der Waals surface area (Å²) < 4.78 is 0. The summed E-state index contributed by atoms with van der Waals surface area (Å²) in [6.07, 6.45) is 6.57. The minimum Gasteiger partial charge on any atom is -0.310 e. The summed E-state index contributed by atoms with van der Waals surface area (Å²) in [6, 6.07) is 6.35. The van der Waals surface area contributed by atoms with Crippen molar-refractivity contribution in [1.82, 2.24) is 5.32 Å². The van der Waals surface area contributed by atoms with E-state index in [1.165, 1.54) is 31.2 Å². The Bertz CT molecular complexity index is 425. The highest BCUT2D eigenvalue weighted by Gasteiger charge is 2.19. The van der Waals surface area contributed by atoms with Crippen LogP contribution in [-0.2, 0) is 0 Å². The minimum absolute atomic E-state index is 0.379. The summed E-state index contributed by atoms with van der Waals surface area (Å²) >= 11 is 12.1. The highest BCUT2D eigenvalue weighted by Crippen LogP contribution is 2.30. The van der Waals surface area contributed by atoms with E-state index in [4.69, 9.17) is 23.2 Å². The Labute approximate surface area is 133 Å². The Kier molecular flexibility index (Phi) is 6.20. The molecule has 20 heavy (non-hydrogen) atoms. The van der Waals surface area contributed by atoms with Gasteiger partial charge in [-0.3, -0.25) is 0 Å². The largest absolute Gasteiger partial charge is 0.310 e. The lowest BCUT2D eigenvalue weighted by Crippen LogP contribution is -2.29. The van der Waals surface area contributed by atoms with E-state index >= 15 is 0 Å². The number of halogens is 2. The van der Waals surface area contributed by atoms with E-state index < -0.39 is 0 Å². The lowest BCUT2D eigenvalue weighted by molar-refractivity contribution is 0.273. The first-order chi connectivity index (χ1) is 9.60. The van der Waals surface area contributed by atoms with E-state index in [-0.39, 0.29) is 0 Å². The van der Waals surface area contributed by atoms with Crippen molar-refractivity contribution in [3.05, 3.63) is 33.8 Å². The maximum absolute atomic E-state index is 6.12. The molecule has 1 N–H and O–H groups in total. The second kappa shape index (κ2) is 7.68. The van der Waals surface area contributed by atoms with Crippen LogP contribution in [0.15, 0.2) is 18.2 Å². The van der Waals surface area contributed by atoms with Gasteiger partial charge in [-0.05, 0) is 55.3 Å². The van der Waals surface area contributed by atoms with Crippen molar-refractivity contribution in [2.24, 2.45) is 11.8 Å². The van der Waals surface area contributed by atoms with Gasteiger partial charge in [0.05, 0.1) is 10.0 Å². The van der Waals surface area contributed by atoms with Crippen molar-refractivity contribution < 1.29 is 0 Å². The first-order valence-electron chi connectivity index (χ1n) is 7.78. The monoisotopic (exact) mass is 313 g/mol. The van der Waals surface area contributed by atoms with Crippen molar-refractivity contribution in [1.29, 1.82) is 0 Å². The average Bonchev–Trinajstić information content (AvgIpc) is 2.45. The Morgan fingerprint density at radius 1 is 1.15 bits per heavy atom. The van der Waals surface area contributed by atoms with Gasteiger partial charge in [-0.2, -0.15) is 0 Å². The third kappa shape index (κ3) is 4.38. The lowest BCUT2D eigenvalue weighted by Gasteiger charge is -2.28. The summed E-state index contributed by atoms with van der Waals surface area (Å²) in [5.74, 6) is 1.76. The molecular formula is C17H25Cl2N. The molecule has 0 aliphatic heterocycles. The molecule has 0 amide bonds. The van der Waals surface area contributed by atoms with Gasteiger partial charge in [0.25, 0.3) is 0 Å². The number of benzene rings is 1. The van der Waals surface area contributed by atoms with Crippen molar-refractivity contribution in [3.63, 3.8) is 0 Å². The predicted octanol–water partition coefficient (Wildman–Crippen LogP) is 5.86. The van der Waals surface area contributed by atoms with Crippen LogP contribution in [-0.4, -0.2) is 6.54 Å². The molecule has 1 nitrogen and oxygen atoms in total. The van der Waals surface area contributed by atoms with E-state index in [9.17, 15) is 0 Å². The standard InChI is InChI=1S/C17H25Cl2N/c1-3-17(14-8-9-15(18)16(19)10-14)20-11-13-6-4-12(2)5-7-13/h8-10,12-13,17,20H,3-7,11H2,1-2H3. The molecule has 0 spiro atoms. The number of hydrogen-bond acceptors (Lipinski definition) is 1. The maximum Gasteiger partial charge on any atom is 0.0595 e. The molecule has 1 aliphatic carbocycles. The van der Waals surface area contributed by atoms with Gasteiger partial charge in [0.15, 0.2) is 0 Å². The second-order valence-electron chi connectivity index (χ2n) is 6.17. The second-order valence-corrected chi connectivity index (χ2v) is 6.98. The molecular weight excluding hydrogens is 289 g/mol. The van der Waals surface area contributed by atoms with E-state index in [0.717, 1.165) is 24.8 Å². The Morgan fingerprint density at radius 3 is 2.45 bits per heavy atom. The molecule has 3 heteroatoms. The fourth-order valence-electron chi connectivity index (χ4n) is 3.07. The van der Waals surface area contributed by atoms with Crippen molar-refractivity contribution in [2.75, 3.05) is 6.54 Å². The molecule has 0 heterocycles. The molecule has 1 saturated carbocycles. The first-order valence-corrected chi connectivity index (χ1v) is 8.54. The molecule has 1 fully saturated rings. The van der Waals surface area contributed by atoms with Crippen molar-refractivity contribution in [3.8, 4) is 0 Å². The van der Waals surface area contributed by atoms with E-state index in [0.29, 0.717) is 16.1 Å². The summed E-state index contributed by atoms with van der Waals surface area (Å²) in [4.78, 5) is 0. The zero-order chi connectivity index (χ0) is 14.5. The van der Waals surface area contributed by atoms with Gasteiger partial charge < -0.3 is 5.32 Å². The SMILES string of the molecule is CCC(NCC1CCC(C)CC1)c1ccc(Cl)c(Cl)c1. The molecule has 0 radical (unpaired) electrons. The Hall–Kier alpha value is -0.240. The van der Waals surface area contributed by atoms with Crippen LogP contribution in [0.3, 0.4) is 0 Å². The van der Waals surface area contributed by atoms with Gasteiger partial charge in [-0.1, -0.05) is 56.0 Å². The Balaban J connectivity index is 1.90. The van der Waals surface area contributed by atoms with Gasteiger partial charge >= 0.3 is 0 Å². The van der Waals surface area contributed by atoms with Crippen LogP contribution in [0.2, 0.25) is 10.0 Å². The minimum atomic E-state index is 0.379. The molecule has 1 aliphatic rings. The van der Waals surface area contributed by atoms with Gasteiger partial charge in [0.2, 0.25) is 0 Å². The summed E-state index contributed by atoms with van der Waals surface area (Å²) in [5.41, 5.74) is 1.24. The van der Waals surface area contributed by atoms with Crippen LogP contribution >= 0.6 is 23.2 Å². The van der Waals surface area contributed by atoms with Crippen LogP contribution in [0.5, 0.6) is 0 Å². The molecule has 1 aromatic rings. The smallest absolute Gasteiger partial charge is 0.0595 e. The molecule has 1 atom stereocenters. The predicted molar refractivity (Wildman–Crippen MR) is 88.6 cm³/mol. The molecule has 0 saturated heterocycles. The molecule has 0 bridgehead atoms. The molecule has 112 valence electrons. The third-order valence-corrected chi connectivity index (χ3v) is 5.28. The van der Waals surface area contributed by atoms with Crippen LogP contribution < -0.4 is 5.32 Å². The molecule has 1 unspecified atom stereocenters. The zero-order valence-corrected chi connectivity index (χ0v) is 14.0. The molecule has 1 aromatic carbocycles.